The van der Waals surface area contributed by atoms with E-state index in [4.69, 9.17) is 27.1 Å². The molecule has 5 N–H and O–H groups in total. The molecule has 2 aliphatic rings. The van der Waals surface area contributed by atoms with Crippen molar-refractivity contribution in [3.8, 4) is 0 Å². The summed E-state index contributed by atoms with van der Waals surface area (Å²) >= 11 is 6.40. The van der Waals surface area contributed by atoms with Gasteiger partial charge in [0.1, 0.15) is 41.9 Å². The molecule has 0 bridgehead atoms. The largest absolute Gasteiger partial charge is 0.387 e. The highest BCUT2D eigenvalue weighted by Gasteiger charge is 2.46. The summed E-state index contributed by atoms with van der Waals surface area (Å²) < 4.78 is 7.92. The van der Waals surface area contributed by atoms with E-state index in [1.165, 1.54) is 11.9 Å². The van der Waals surface area contributed by atoms with Crippen molar-refractivity contribution in [1.29, 1.82) is 0 Å². The summed E-state index contributed by atoms with van der Waals surface area (Å²) in [7, 11) is 0. The Labute approximate surface area is 251 Å². The Morgan fingerprint density at radius 2 is 1.95 bits per heavy atom. The smallest absolute Gasteiger partial charge is 0.164 e. The number of aromatic nitrogens is 5. The lowest BCUT2D eigenvalue weighted by molar-refractivity contribution is -0.0618. The zero-order valence-corrected chi connectivity index (χ0v) is 25.7. The number of aliphatic hydroxyl groups is 2. The molecule has 0 unspecified atom stereocenters. The number of aliphatic hydroxyl groups excluding tert-OH is 2. The van der Waals surface area contributed by atoms with E-state index in [-0.39, 0.29) is 17.3 Å². The van der Waals surface area contributed by atoms with Crippen LogP contribution in [0.3, 0.4) is 0 Å². The van der Waals surface area contributed by atoms with Crippen molar-refractivity contribution < 1.29 is 14.9 Å². The van der Waals surface area contributed by atoms with Crippen molar-refractivity contribution in [2.45, 2.75) is 102 Å². The van der Waals surface area contributed by atoms with Crippen LogP contribution in [-0.4, -0.2) is 76.6 Å². The number of benzene rings is 1. The molecule has 4 heterocycles. The van der Waals surface area contributed by atoms with E-state index < -0.39 is 24.5 Å². The molecule has 226 valence electrons. The first-order valence-corrected chi connectivity index (χ1v) is 15.3. The van der Waals surface area contributed by atoms with Gasteiger partial charge in [-0.2, -0.15) is 0 Å². The molecule has 0 amide bonds. The second kappa shape index (κ2) is 11.1. The number of anilines is 1. The van der Waals surface area contributed by atoms with Gasteiger partial charge in [0.05, 0.1) is 21.4 Å². The third kappa shape index (κ3) is 5.39. The number of aromatic amines is 1. The number of H-pyrrole nitrogens is 1. The maximum atomic E-state index is 11.0. The molecule has 6 rings (SSSR count). The summed E-state index contributed by atoms with van der Waals surface area (Å²) in [6.07, 6.45) is 3.61. The van der Waals surface area contributed by atoms with Crippen LogP contribution in [0.4, 0.5) is 5.82 Å². The topological polar surface area (TPSA) is 138 Å². The minimum absolute atomic E-state index is 0.100. The fraction of sp³-hybridized carbons (Fsp3) is 0.581. The summed E-state index contributed by atoms with van der Waals surface area (Å²) in [4.78, 5) is 19.1. The van der Waals surface area contributed by atoms with Gasteiger partial charge in [-0.1, -0.05) is 38.4 Å². The number of rotatable bonds is 8. The molecule has 2 fully saturated rings. The highest BCUT2D eigenvalue weighted by molar-refractivity contribution is 6.36. The second-order valence-corrected chi connectivity index (χ2v) is 13.8. The number of nitrogens with zero attached hydrogens (tertiary/aromatic N) is 5. The van der Waals surface area contributed by atoms with Gasteiger partial charge in [-0.15, -0.1) is 0 Å². The predicted octanol–water partition coefficient (Wildman–Crippen LogP) is 4.58. The maximum Gasteiger partial charge on any atom is 0.164 e. The third-order valence-corrected chi connectivity index (χ3v) is 9.41. The first kappa shape index (κ1) is 29.3. The lowest BCUT2D eigenvalue weighted by Crippen LogP contribution is -2.52. The van der Waals surface area contributed by atoms with Gasteiger partial charge >= 0.3 is 0 Å². The quantitative estimate of drug-likeness (QED) is 0.232. The lowest BCUT2D eigenvalue weighted by Gasteiger charge is -2.46. The van der Waals surface area contributed by atoms with Crippen LogP contribution >= 0.6 is 11.6 Å². The number of ether oxygens (including phenoxy) is 1. The highest BCUT2D eigenvalue weighted by Crippen LogP contribution is 2.39. The zero-order chi connectivity index (χ0) is 29.9. The molecule has 3 aromatic heterocycles. The summed E-state index contributed by atoms with van der Waals surface area (Å²) in [6, 6.07) is 7.20. The van der Waals surface area contributed by atoms with Gasteiger partial charge < -0.3 is 30.2 Å². The Morgan fingerprint density at radius 3 is 2.67 bits per heavy atom. The molecular formula is C31H42ClN7O3. The number of nitrogen functional groups attached to an aromatic ring is 1. The molecular weight excluding hydrogens is 554 g/mol. The molecule has 4 aromatic rings. The number of fused-ring (bicyclic) bond motifs is 2. The normalized spacial score (nSPS) is 26.6. The molecule has 1 saturated carbocycles. The Balaban J connectivity index is 1.07. The molecule has 1 saturated heterocycles. The fourth-order valence-electron chi connectivity index (χ4n) is 6.55. The average molecular weight is 596 g/mol. The monoisotopic (exact) mass is 595 g/mol. The van der Waals surface area contributed by atoms with Crippen LogP contribution in [0.2, 0.25) is 5.02 Å². The van der Waals surface area contributed by atoms with E-state index in [9.17, 15) is 10.2 Å². The fourth-order valence-corrected chi connectivity index (χ4v) is 6.83. The molecule has 1 aliphatic heterocycles. The first-order valence-electron chi connectivity index (χ1n) is 14.9. The summed E-state index contributed by atoms with van der Waals surface area (Å²) in [5.41, 5.74) is 9.99. The van der Waals surface area contributed by atoms with Gasteiger partial charge in [0.2, 0.25) is 0 Å². The van der Waals surface area contributed by atoms with Crippen LogP contribution in [0.5, 0.6) is 0 Å². The molecule has 10 nitrogen and oxygen atoms in total. The zero-order valence-electron chi connectivity index (χ0n) is 25.0. The Bertz CT molecular complexity index is 1570. The number of nitrogens with two attached hydrogens (primary N) is 1. The van der Waals surface area contributed by atoms with E-state index >= 15 is 0 Å². The van der Waals surface area contributed by atoms with Crippen LogP contribution in [0.1, 0.15) is 71.5 Å². The number of hydrogen-bond donors (Lipinski definition) is 4. The summed E-state index contributed by atoms with van der Waals surface area (Å²) in [5.74, 6) is 1.93. The molecule has 11 heteroatoms. The maximum absolute atomic E-state index is 11.0. The van der Waals surface area contributed by atoms with Gasteiger partial charge in [0.15, 0.2) is 6.23 Å². The lowest BCUT2D eigenvalue weighted by atomic mass is 9.76. The first-order chi connectivity index (χ1) is 19.9. The molecule has 0 spiro atoms. The molecule has 1 aliphatic carbocycles. The van der Waals surface area contributed by atoms with E-state index in [1.54, 1.807) is 10.8 Å². The van der Waals surface area contributed by atoms with Gasteiger partial charge in [0.25, 0.3) is 0 Å². The van der Waals surface area contributed by atoms with Crippen LogP contribution in [0.25, 0.3) is 22.1 Å². The second-order valence-electron chi connectivity index (χ2n) is 13.4. The van der Waals surface area contributed by atoms with Gasteiger partial charge in [-0.05, 0) is 62.1 Å². The number of aryl methyl sites for hydroxylation is 1. The van der Waals surface area contributed by atoms with E-state index in [1.807, 2.05) is 0 Å². The Morgan fingerprint density at radius 1 is 1.19 bits per heavy atom. The minimum Gasteiger partial charge on any atom is -0.387 e. The van der Waals surface area contributed by atoms with Crippen molar-refractivity contribution in [3.05, 3.63) is 47.1 Å². The van der Waals surface area contributed by atoms with Crippen LogP contribution in [0.15, 0.2) is 30.7 Å². The van der Waals surface area contributed by atoms with Crippen molar-refractivity contribution >= 4 is 39.5 Å². The molecule has 0 radical (unpaired) electrons. The molecule has 42 heavy (non-hydrogen) atoms. The number of imidazole rings is 1. The Hall–Kier alpha value is -2.76. The minimum atomic E-state index is -1.13. The van der Waals surface area contributed by atoms with Crippen molar-refractivity contribution in [1.82, 2.24) is 29.4 Å². The van der Waals surface area contributed by atoms with E-state index in [0.717, 1.165) is 42.5 Å². The van der Waals surface area contributed by atoms with Crippen LogP contribution < -0.4 is 5.73 Å². The Kier molecular flexibility index (Phi) is 7.72. The summed E-state index contributed by atoms with van der Waals surface area (Å²) in [5, 5.41) is 22.8. The summed E-state index contributed by atoms with van der Waals surface area (Å²) in [6.45, 7) is 11.5. The molecule has 4 atom stereocenters. The standard InChI is InChI=1S/C31H42ClN7O3/c1-16(2)38(14-23-26(40)27(41)30(42-23)39-13-20(32)25-28(33)34-15-35-29(25)39)19-10-17(11-19)6-9-24-36-21-8-7-18(31(3,4)5)12-22(21)37-24/h7-8,12-13,15-17,19,23,26-27,30,40-41H,6,9-11,14H2,1-5H3,(H,36,37)(H2,33,34,35)/t17-,19-,23-,26-,27-,30-/m1/s1. The number of hydrogen-bond acceptors (Lipinski definition) is 8. The number of nitrogens with one attached hydrogen (secondary N) is 1. The predicted molar refractivity (Wildman–Crippen MR) is 164 cm³/mol. The SMILES string of the molecule is CC(C)N(C[C@H]1O[C@@H](n2cc(Cl)c3c(N)ncnc32)[C@H](O)[C@@H]1O)[C@H]1C[C@H](CCc2nc3cc(C(C)(C)C)ccc3[nH]2)C1. The van der Waals surface area contributed by atoms with Gasteiger partial charge in [-0.3, -0.25) is 4.90 Å². The van der Waals surface area contributed by atoms with E-state index in [2.05, 4.69) is 72.7 Å². The van der Waals surface area contributed by atoms with Crippen LogP contribution in [-0.2, 0) is 16.6 Å². The highest BCUT2D eigenvalue weighted by atomic mass is 35.5. The van der Waals surface area contributed by atoms with Crippen molar-refractivity contribution in [3.63, 3.8) is 0 Å². The third-order valence-electron chi connectivity index (χ3n) is 9.13. The van der Waals surface area contributed by atoms with Crippen molar-refractivity contribution in [2.75, 3.05) is 12.3 Å². The average Bonchev–Trinajstić information content (AvgIpc) is 3.55. The van der Waals surface area contributed by atoms with Gasteiger partial charge in [0, 0.05) is 31.2 Å². The molecule has 1 aromatic carbocycles. The van der Waals surface area contributed by atoms with Gasteiger partial charge in [-0.25, -0.2) is 15.0 Å². The van der Waals surface area contributed by atoms with Crippen molar-refractivity contribution in [2.24, 2.45) is 5.92 Å². The van der Waals surface area contributed by atoms with E-state index in [0.29, 0.717) is 34.6 Å². The number of halogens is 1. The van der Waals surface area contributed by atoms with Crippen LogP contribution in [0, 0.1) is 5.92 Å².